The van der Waals surface area contributed by atoms with Gasteiger partial charge in [0.25, 0.3) is 0 Å². The van der Waals surface area contributed by atoms with Crippen LogP contribution in [0.4, 0.5) is 10.2 Å². The highest BCUT2D eigenvalue weighted by atomic mass is 35.5. The molecule has 4 N–H and O–H groups in total. The zero-order valence-corrected chi connectivity index (χ0v) is 20.1. The molecule has 10 heteroatoms. The van der Waals surface area contributed by atoms with Crippen molar-refractivity contribution in [3.63, 3.8) is 0 Å². The minimum Gasteiger partial charge on any atom is -0.392 e. The van der Waals surface area contributed by atoms with E-state index in [1.807, 2.05) is 23.6 Å². The Morgan fingerprint density at radius 3 is 2.88 bits per heavy atom. The van der Waals surface area contributed by atoms with E-state index >= 15 is 0 Å². The van der Waals surface area contributed by atoms with Gasteiger partial charge in [-0.05, 0) is 61.1 Å². The standard InChI is InChI=1S/C23H22Cl2FN5OS/c1-13(20-21-22(27)28-7-8-31(21)23(29-20)14-5-6-14)3-2-4-17(11-26)30-33-18-10-16(24)9-15(12-32)19(18)25/h2-4,7-11,14,30,32H,5-6,12H2,1H3,(H2,27,28)/b4-2-,13-3+,17-11-. The molecule has 0 radical (unpaired) electrons. The Bertz CT molecular complexity index is 1280. The number of aliphatic hydroxyl groups excluding tert-OH is 1. The molecular formula is C23H22Cl2FN5OS. The van der Waals surface area contributed by atoms with E-state index in [0.29, 0.717) is 38.6 Å². The first kappa shape index (κ1) is 23.6. The first-order chi connectivity index (χ1) is 15.9. The second-order valence-corrected chi connectivity index (χ2v) is 9.30. The fourth-order valence-electron chi connectivity index (χ4n) is 3.38. The molecule has 1 aromatic carbocycles. The smallest absolute Gasteiger partial charge is 0.150 e. The van der Waals surface area contributed by atoms with Gasteiger partial charge in [-0.2, -0.15) is 0 Å². The summed E-state index contributed by atoms with van der Waals surface area (Å²) in [6.45, 7) is 1.69. The van der Waals surface area contributed by atoms with Crippen LogP contribution in [0.1, 0.15) is 42.8 Å². The van der Waals surface area contributed by atoms with Crippen LogP contribution in [-0.4, -0.2) is 19.5 Å². The molecule has 4 rings (SSSR count). The summed E-state index contributed by atoms with van der Waals surface area (Å²) >= 11 is 13.4. The minimum absolute atomic E-state index is 0.222. The summed E-state index contributed by atoms with van der Waals surface area (Å²) < 4.78 is 18.4. The Hall–Kier alpha value is -2.52. The third-order valence-corrected chi connectivity index (χ3v) is 6.85. The molecule has 2 heterocycles. The fourth-order valence-corrected chi connectivity index (χ4v) is 4.72. The number of rotatable bonds is 8. The number of fused-ring (bicyclic) bond motifs is 1. The third kappa shape index (κ3) is 5.19. The van der Waals surface area contributed by atoms with E-state index in [0.717, 1.165) is 47.4 Å². The van der Waals surface area contributed by atoms with Gasteiger partial charge in [-0.25, -0.2) is 14.4 Å². The number of imidazole rings is 1. The van der Waals surface area contributed by atoms with Crippen LogP contribution in [0, 0.1) is 0 Å². The van der Waals surface area contributed by atoms with Gasteiger partial charge in [-0.1, -0.05) is 35.4 Å². The molecule has 172 valence electrons. The molecule has 3 aromatic rings. The zero-order chi connectivity index (χ0) is 23.5. The first-order valence-corrected chi connectivity index (χ1v) is 11.8. The number of hydrogen-bond acceptors (Lipinski definition) is 6. The average Bonchev–Trinajstić information content (AvgIpc) is 3.57. The van der Waals surface area contributed by atoms with E-state index in [-0.39, 0.29) is 12.3 Å². The van der Waals surface area contributed by atoms with Crippen molar-refractivity contribution in [2.75, 3.05) is 5.73 Å². The lowest BCUT2D eigenvalue weighted by Gasteiger charge is -2.10. The summed E-state index contributed by atoms with van der Waals surface area (Å²) in [6, 6.07) is 3.23. The van der Waals surface area contributed by atoms with E-state index < -0.39 is 0 Å². The molecule has 0 atom stereocenters. The molecule has 0 aliphatic heterocycles. The number of nitrogen functional groups attached to an aromatic ring is 1. The number of benzene rings is 1. The Morgan fingerprint density at radius 1 is 1.39 bits per heavy atom. The van der Waals surface area contributed by atoms with Crippen molar-refractivity contribution in [1.29, 1.82) is 0 Å². The molecule has 0 bridgehead atoms. The molecule has 33 heavy (non-hydrogen) atoms. The van der Waals surface area contributed by atoms with Gasteiger partial charge in [0.2, 0.25) is 0 Å². The maximum atomic E-state index is 13.4. The van der Waals surface area contributed by atoms with E-state index in [9.17, 15) is 9.50 Å². The summed E-state index contributed by atoms with van der Waals surface area (Å²) in [5.41, 5.74) is 9.29. The summed E-state index contributed by atoms with van der Waals surface area (Å²) in [5, 5.41) is 10.2. The third-order valence-electron chi connectivity index (χ3n) is 5.19. The average molecular weight is 506 g/mol. The van der Waals surface area contributed by atoms with Crippen molar-refractivity contribution in [1.82, 2.24) is 19.1 Å². The molecule has 0 saturated heterocycles. The van der Waals surface area contributed by atoms with Crippen LogP contribution in [-0.2, 0) is 6.61 Å². The Kier molecular flexibility index (Phi) is 7.29. The molecular weight excluding hydrogens is 484 g/mol. The van der Waals surface area contributed by atoms with E-state index in [4.69, 9.17) is 33.9 Å². The normalized spacial score (nSPS) is 15.1. The van der Waals surface area contributed by atoms with Crippen molar-refractivity contribution < 1.29 is 9.50 Å². The van der Waals surface area contributed by atoms with Gasteiger partial charge in [-0.15, -0.1) is 0 Å². The van der Waals surface area contributed by atoms with Crippen molar-refractivity contribution in [2.24, 2.45) is 0 Å². The van der Waals surface area contributed by atoms with Gasteiger partial charge in [0, 0.05) is 28.2 Å². The second-order valence-electron chi connectivity index (χ2n) is 7.64. The topological polar surface area (TPSA) is 88.5 Å². The van der Waals surface area contributed by atoms with Crippen molar-refractivity contribution in [3.8, 4) is 0 Å². The SMILES string of the molecule is C\C(=C/C=C\C(=C\F)NSc1cc(Cl)cc(CO)c1Cl)c1nc(C2CC2)n2ccnc(N)c12. The van der Waals surface area contributed by atoms with Crippen molar-refractivity contribution >= 4 is 52.1 Å². The van der Waals surface area contributed by atoms with E-state index in [1.54, 1.807) is 30.5 Å². The molecule has 1 fully saturated rings. The number of nitrogens with one attached hydrogen (secondary N) is 1. The van der Waals surface area contributed by atoms with Crippen LogP contribution in [0.5, 0.6) is 0 Å². The van der Waals surface area contributed by atoms with E-state index in [2.05, 4.69) is 9.71 Å². The Morgan fingerprint density at radius 2 is 2.18 bits per heavy atom. The Balaban J connectivity index is 1.51. The van der Waals surface area contributed by atoms with Crippen LogP contribution in [0.25, 0.3) is 11.1 Å². The summed E-state index contributed by atoms with van der Waals surface area (Å²) in [6.07, 6.45) is 11.4. The largest absolute Gasteiger partial charge is 0.392 e. The monoisotopic (exact) mass is 505 g/mol. The lowest BCUT2D eigenvalue weighted by atomic mass is 10.2. The fraction of sp³-hybridized carbons (Fsp3) is 0.217. The zero-order valence-electron chi connectivity index (χ0n) is 17.7. The van der Waals surface area contributed by atoms with Gasteiger partial charge >= 0.3 is 0 Å². The quantitative estimate of drug-likeness (QED) is 0.255. The number of nitrogens with two attached hydrogens (primary N) is 1. The molecule has 2 aromatic heterocycles. The van der Waals surface area contributed by atoms with Gasteiger partial charge in [0.05, 0.1) is 23.0 Å². The molecule has 0 unspecified atom stereocenters. The van der Waals surface area contributed by atoms with Crippen LogP contribution in [0.2, 0.25) is 10.0 Å². The predicted molar refractivity (Wildman–Crippen MR) is 133 cm³/mol. The number of allylic oxidation sites excluding steroid dienone is 4. The molecule has 0 spiro atoms. The molecule has 0 amide bonds. The number of aliphatic hydroxyl groups is 1. The maximum Gasteiger partial charge on any atom is 0.150 e. The van der Waals surface area contributed by atoms with Gasteiger partial charge in [0.15, 0.2) is 0 Å². The highest BCUT2D eigenvalue weighted by Gasteiger charge is 2.30. The lowest BCUT2D eigenvalue weighted by Crippen LogP contribution is -2.01. The van der Waals surface area contributed by atoms with Crippen LogP contribution in [0.3, 0.4) is 0 Å². The number of nitrogens with zero attached hydrogens (tertiary/aromatic N) is 3. The van der Waals surface area contributed by atoms with E-state index in [1.165, 1.54) is 0 Å². The highest BCUT2D eigenvalue weighted by Crippen LogP contribution is 2.41. The van der Waals surface area contributed by atoms with Crippen LogP contribution >= 0.6 is 35.1 Å². The predicted octanol–water partition coefficient (Wildman–Crippen LogP) is 6.06. The highest BCUT2D eigenvalue weighted by molar-refractivity contribution is 7.97. The number of halogens is 3. The molecule has 1 aliphatic carbocycles. The molecule has 6 nitrogen and oxygen atoms in total. The van der Waals surface area contributed by atoms with Gasteiger partial charge in [-0.3, -0.25) is 4.40 Å². The number of hydrogen-bond donors (Lipinski definition) is 3. The molecule has 1 aliphatic rings. The first-order valence-electron chi connectivity index (χ1n) is 10.2. The van der Waals surface area contributed by atoms with Crippen molar-refractivity contribution in [3.05, 3.63) is 81.9 Å². The van der Waals surface area contributed by atoms with Crippen molar-refractivity contribution in [2.45, 2.75) is 37.2 Å². The van der Waals surface area contributed by atoms with Gasteiger partial charge < -0.3 is 15.6 Å². The number of aromatic nitrogens is 3. The van der Waals surface area contributed by atoms with Gasteiger partial charge in [0.1, 0.15) is 23.5 Å². The summed E-state index contributed by atoms with van der Waals surface area (Å²) in [4.78, 5) is 9.61. The lowest BCUT2D eigenvalue weighted by molar-refractivity contribution is 0.281. The van der Waals surface area contributed by atoms with Crippen LogP contribution in [0.15, 0.2) is 59.7 Å². The molecule has 1 saturated carbocycles. The Labute approximate surface area is 205 Å². The number of anilines is 1. The maximum absolute atomic E-state index is 13.4. The summed E-state index contributed by atoms with van der Waals surface area (Å²) in [7, 11) is 0. The minimum atomic E-state index is -0.242. The second kappa shape index (κ2) is 10.2. The summed E-state index contributed by atoms with van der Waals surface area (Å²) in [5.74, 6) is 1.86. The van der Waals surface area contributed by atoms with Crippen LogP contribution < -0.4 is 10.5 Å².